The van der Waals surface area contributed by atoms with Crippen LogP contribution in [0.5, 0.6) is 0 Å². The first kappa shape index (κ1) is 12.7. The van der Waals surface area contributed by atoms with Crippen molar-refractivity contribution in [3.63, 3.8) is 0 Å². The number of ether oxygens (including phenoxy) is 1. The van der Waals surface area contributed by atoms with Crippen molar-refractivity contribution in [2.45, 2.75) is 32.7 Å². The number of hydrogen-bond acceptors (Lipinski definition) is 3. The van der Waals surface area contributed by atoms with Crippen LogP contribution >= 0.6 is 11.3 Å². The molecule has 0 aliphatic carbocycles. The fourth-order valence-corrected chi connectivity index (χ4v) is 2.32. The number of rotatable bonds is 8. The Balaban J connectivity index is 1.93. The molecule has 0 bridgehead atoms. The lowest BCUT2D eigenvalue weighted by molar-refractivity contribution is 0.192. The summed E-state index contributed by atoms with van der Waals surface area (Å²) in [6.07, 6.45) is 3.67. The molecule has 0 saturated carbocycles. The molecule has 0 aromatic carbocycles. The highest BCUT2D eigenvalue weighted by molar-refractivity contribution is 7.11. The minimum absolute atomic E-state index is 0.893. The summed E-state index contributed by atoms with van der Waals surface area (Å²) in [5, 5.41) is 3.46. The minimum atomic E-state index is 0.893. The topological polar surface area (TPSA) is 21.3 Å². The Hall–Kier alpha value is -0.380. The molecule has 1 aromatic heterocycles. The number of nitrogens with one attached hydrogen (secondary N) is 1. The van der Waals surface area contributed by atoms with Gasteiger partial charge in [-0.25, -0.2) is 0 Å². The number of unbranched alkanes of at least 4 members (excludes halogenated alkanes) is 2. The van der Waals surface area contributed by atoms with E-state index >= 15 is 0 Å². The lowest BCUT2D eigenvalue weighted by atomic mass is 10.2. The molecule has 3 heteroatoms. The molecule has 0 aliphatic rings. The van der Waals surface area contributed by atoms with Gasteiger partial charge in [-0.3, -0.25) is 0 Å². The Morgan fingerprint density at radius 2 is 2.13 bits per heavy atom. The lowest BCUT2D eigenvalue weighted by Gasteiger charge is -2.02. The molecule has 0 atom stereocenters. The van der Waals surface area contributed by atoms with Crippen LogP contribution in [0.3, 0.4) is 0 Å². The van der Waals surface area contributed by atoms with Crippen LogP contribution in [-0.2, 0) is 11.3 Å². The highest BCUT2D eigenvalue weighted by Crippen LogP contribution is 2.14. The highest BCUT2D eigenvalue weighted by Gasteiger charge is 1.95. The van der Waals surface area contributed by atoms with Gasteiger partial charge in [-0.1, -0.05) is 0 Å². The van der Waals surface area contributed by atoms with Gasteiger partial charge in [-0.2, -0.15) is 0 Å². The van der Waals surface area contributed by atoms with Crippen molar-refractivity contribution in [2.75, 3.05) is 20.3 Å². The maximum Gasteiger partial charge on any atom is 0.0462 e. The fraction of sp³-hybridized carbons (Fsp3) is 0.667. The van der Waals surface area contributed by atoms with Crippen LogP contribution in [-0.4, -0.2) is 20.3 Å². The van der Waals surface area contributed by atoms with E-state index in [1.54, 1.807) is 7.11 Å². The summed E-state index contributed by atoms with van der Waals surface area (Å²) in [6, 6.07) is 4.39. The van der Waals surface area contributed by atoms with E-state index in [0.29, 0.717) is 0 Å². The van der Waals surface area contributed by atoms with Gasteiger partial charge >= 0.3 is 0 Å². The summed E-state index contributed by atoms with van der Waals surface area (Å²) in [6.45, 7) is 5.17. The van der Waals surface area contributed by atoms with E-state index in [9.17, 15) is 0 Å². The van der Waals surface area contributed by atoms with Crippen molar-refractivity contribution in [3.8, 4) is 0 Å². The van der Waals surface area contributed by atoms with Gasteiger partial charge in [-0.05, 0) is 44.9 Å². The third-order valence-electron chi connectivity index (χ3n) is 2.30. The summed E-state index contributed by atoms with van der Waals surface area (Å²) >= 11 is 1.88. The Morgan fingerprint density at radius 1 is 1.27 bits per heavy atom. The van der Waals surface area contributed by atoms with E-state index < -0.39 is 0 Å². The molecule has 0 spiro atoms. The van der Waals surface area contributed by atoms with Gasteiger partial charge in [0.25, 0.3) is 0 Å². The summed E-state index contributed by atoms with van der Waals surface area (Å²) in [5.41, 5.74) is 0. The third kappa shape index (κ3) is 5.92. The fourth-order valence-electron chi connectivity index (χ4n) is 1.46. The van der Waals surface area contributed by atoms with Crippen molar-refractivity contribution in [1.29, 1.82) is 0 Å². The van der Waals surface area contributed by atoms with Crippen LogP contribution in [0.1, 0.15) is 29.0 Å². The summed E-state index contributed by atoms with van der Waals surface area (Å²) in [5.74, 6) is 0. The van der Waals surface area contributed by atoms with Crippen LogP contribution in [0.25, 0.3) is 0 Å². The number of thiophene rings is 1. The second-order valence-electron chi connectivity index (χ2n) is 3.74. The lowest BCUT2D eigenvalue weighted by Crippen LogP contribution is -2.13. The molecule has 1 aromatic rings. The van der Waals surface area contributed by atoms with Crippen molar-refractivity contribution < 1.29 is 4.74 Å². The summed E-state index contributed by atoms with van der Waals surface area (Å²) in [4.78, 5) is 2.83. The van der Waals surface area contributed by atoms with Crippen LogP contribution in [0, 0.1) is 6.92 Å². The van der Waals surface area contributed by atoms with Gasteiger partial charge in [0.05, 0.1) is 0 Å². The molecule has 0 radical (unpaired) electrons. The first-order chi connectivity index (χ1) is 7.33. The van der Waals surface area contributed by atoms with Gasteiger partial charge in [0, 0.05) is 30.0 Å². The second-order valence-corrected chi connectivity index (χ2v) is 5.12. The van der Waals surface area contributed by atoms with Crippen molar-refractivity contribution in [1.82, 2.24) is 5.32 Å². The van der Waals surface area contributed by atoms with E-state index in [2.05, 4.69) is 24.4 Å². The van der Waals surface area contributed by atoms with Crippen molar-refractivity contribution in [3.05, 3.63) is 21.9 Å². The van der Waals surface area contributed by atoms with Gasteiger partial charge in [0.15, 0.2) is 0 Å². The van der Waals surface area contributed by atoms with E-state index in [1.165, 1.54) is 29.0 Å². The number of hydrogen-bond donors (Lipinski definition) is 1. The van der Waals surface area contributed by atoms with Crippen LogP contribution in [0.2, 0.25) is 0 Å². The summed E-state index contributed by atoms with van der Waals surface area (Å²) < 4.78 is 5.00. The molecule has 0 saturated heterocycles. The van der Waals surface area contributed by atoms with E-state index in [-0.39, 0.29) is 0 Å². The average Bonchev–Trinajstić information content (AvgIpc) is 2.63. The predicted octanol–water partition coefficient (Wildman–Crippen LogP) is 2.96. The largest absolute Gasteiger partial charge is 0.385 e. The molecule has 0 amide bonds. The molecule has 1 N–H and O–H groups in total. The quantitative estimate of drug-likeness (QED) is 0.689. The number of aryl methyl sites for hydroxylation is 1. The van der Waals surface area contributed by atoms with Gasteiger partial charge in [0.1, 0.15) is 0 Å². The molecular weight excluding hydrogens is 206 g/mol. The normalized spacial score (nSPS) is 10.8. The Kier molecular flexibility index (Phi) is 6.64. The molecule has 0 unspecified atom stereocenters. The van der Waals surface area contributed by atoms with E-state index in [0.717, 1.165) is 19.7 Å². The molecular formula is C12H21NOS. The molecule has 0 fully saturated rings. The maximum atomic E-state index is 5.00. The van der Waals surface area contributed by atoms with E-state index in [1.807, 2.05) is 11.3 Å². The predicted molar refractivity (Wildman–Crippen MR) is 66.5 cm³/mol. The van der Waals surface area contributed by atoms with Crippen molar-refractivity contribution >= 4 is 11.3 Å². The Labute approximate surface area is 96.7 Å². The van der Waals surface area contributed by atoms with Crippen LogP contribution in [0.4, 0.5) is 0 Å². The Morgan fingerprint density at radius 3 is 2.80 bits per heavy atom. The maximum absolute atomic E-state index is 5.00. The van der Waals surface area contributed by atoms with Gasteiger partial charge in [-0.15, -0.1) is 11.3 Å². The molecule has 0 aliphatic heterocycles. The third-order valence-corrected chi connectivity index (χ3v) is 3.30. The Bertz CT molecular complexity index is 260. The van der Waals surface area contributed by atoms with Gasteiger partial charge in [0.2, 0.25) is 0 Å². The minimum Gasteiger partial charge on any atom is -0.385 e. The number of methoxy groups -OCH3 is 1. The SMILES string of the molecule is COCCCCCNCc1ccc(C)s1. The summed E-state index contributed by atoms with van der Waals surface area (Å²) in [7, 11) is 1.76. The molecule has 2 nitrogen and oxygen atoms in total. The molecule has 1 heterocycles. The van der Waals surface area contributed by atoms with E-state index in [4.69, 9.17) is 4.74 Å². The highest BCUT2D eigenvalue weighted by atomic mass is 32.1. The monoisotopic (exact) mass is 227 g/mol. The second kappa shape index (κ2) is 7.85. The zero-order valence-corrected chi connectivity index (χ0v) is 10.5. The standard InChI is InChI=1S/C12H21NOS/c1-11-6-7-12(15-11)10-13-8-4-3-5-9-14-2/h6-7,13H,3-5,8-10H2,1-2H3. The van der Waals surface area contributed by atoms with Crippen LogP contribution in [0.15, 0.2) is 12.1 Å². The molecule has 1 rings (SSSR count). The van der Waals surface area contributed by atoms with Gasteiger partial charge < -0.3 is 10.1 Å². The van der Waals surface area contributed by atoms with Crippen LogP contribution < -0.4 is 5.32 Å². The molecule has 15 heavy (non-hydrogen) atoms. The zero-order chi connectivity index (χ0) is 10.9. The van der Waals surface area contributed by atoms with Crippen molar-refractivity contribution in [2.24, 2.45) is 0 Å². The zero-order valence-electron chi connectivity index (χ0n) is 9.71. The first-order valence-electron chi connectivity index (χ1n) is 5.58. The average molecular weight is 227 g/mol. The smallest absolute Gasteiger partial charge is 0.0462 e. The molecule has 86 valence electrons. The first-order valence-corrected chi connectivity index (χ1v) is 6.39.